The van der Waals surface area contributed by atoms with E-state index in [0.29, 0.717) is 21.2 Å². The van der Waals surface area contributed by atoms with Crippen LogP contribution in [0, 0.1) is 5.82 Å². The Morgan fingerprint density at radius 2 is 1.69 bits per heavy atom. The summed E-state index contributed by atoms with van der Waals surface area (Å²) in [5, 5.41) is 0.657. The van der Waals surface area contributed by atoms with Crippen LogP contribution in [0.15, 0.2) is 71.6 Å². The van der Waals surface area contributed by atoms with Crippen molar-refractivity contribution in [1.82, 2.24) is 4.90 Å². The van der Waals surface area contributed by atoms with E-state index in [2.05, 4.69) is 0 Å². The first kappa shape index (κ1) is 24.0. The van der Waals surface area contributed by atoms with Crippen molar-refractivity contribution in [2.24, 2.45) is 0 Å². The Kier molecular flexibility index (Phi) is 7.44. The van der Waals surface area contributed by atoms with Gasteiger partial charge in [0, 0.05) is 16.6 Å². The number of carbonyl (C=O) groups is 1. The first-order valence-electron chi connectivity index (χ1n) is 9.62. The first-order chi connectivity index (χ1) is 15.1. The number of hydrogen-bond acceptors (Lipinski definition) is 4. The lowest BCUT2D eigenvalue weighted by atomic mass is 10.1. The summed E-state index contributed by atoms with van der Waals surface area (Å²) >= 11 is 12.3. The molecule has 0 saturated heterocycles. The Labute approximate surface area is 196 Å². The SMILES string of the molecule is CC(C)N(Cc1cc(Cl)ccc1OS(=O)(=O)c1ccc(F)cc1)C(=O)c1ccccc1Cl. The Balaban J connectivity index is 1.95. The Hall–Kier alpha value is -2.61. The fourth-order valence-corrected chi connectivity index (χ4v) is 4.36. The number of hydrogen-bond donors (Lipinski definition) is 0. The summed E-state index contributed by atoms with van der Waals surface area (Å²) in [6.45, 7) is 3.68. The molecule has 0 aliphatic carbocycles. The summed E-state index contributed by atoms with van der Waals surface area (Å²) in [6.07, 6.45) is 0. The molecule has 0 radical (unpaired) electrons. The molecule has 0 atom stereocenters. The van der Waals surface area contributed by atoms with Crippen molar-refractivity contribution in [1.29, 1.82) is 0 Å². The van der Waals surface area contributed by atoms with Gasteiger partial charge >= 0.3 is 10.1 Å². The lowest BCUT2D eigenvalue weighted by Crippen LogP contribution is -2.36. The van der Waals surface area contributed by atoms with Crippen LogP contribution in [0.4, 0.5) is 4.39 Å². The average molecular weight is 496 g/mol. The molecule has 0 aliphatic heterocycles. The molecule has 0 N–H and O–H groups in total. The molecule has 3 rings (SSSR count). The maximum absolute atomic E-state index is 13.2. The fourth-order valence-electron chi connectivity index (χ4n) is 2.98. The molecule has 0 saturated carbocycles. The molecule has 1 amide bonds. The van der Waals surface area contributed by atoms with E-state index in [0.717, 1.165) is 24.3 Å². The molecule has 32 heavy (non-hydrogen) atoms. The zero-order chi connectivity index (χ0) is 23.5. The number of rotatable bonds is 7. The second-order valence-electron chi connectivity index (χ2n) is 7.25. The molecule has 0 aromatic heterocycles. The smallest absolute Gasteiger partial charge is 0.339 e. The van der Waals surface area contributed by atoms with Gasteiger partial charge in [0.1, 0.15) is 16.5 Å². The Morgan fingerprint density at radius 1 is 1.03 bits per heavy atom. The molecule has 5 nitrogen and oxygen atoms in total. The van der Waals surface area contributed by atoms with Gasteiger partial charge in [-0.3, -0.25) is 4.79 Å². The second kappa shape index (κ2) is 9.90. The van der Waals surface area contributed by atoms with Crippen LogP contribution in [0.5, 0.6) is 5.75 Å². The average Bonchev–Trinajstić information content (AvgIpc) is 2.73. The van der Waals surface area contributed by atoms with Crippen LogP contribution in [-0.4, -0.2) is 25.3 Å². The number of nitrogens with zero attached hydrogens (tertiary/aromatic N) is 1. The highest BCUT2D eigenvalue weighted by Crippen LogP contribution is 2.29. The molecule has 3 aromatic rings. The van der Waals surface area contributed by atoms with Gasteiger partial charge in [-0.2, -0.15) is 8.42 Å². The Bertz CT molecular complexity index is 1230. The number of amides is 1. The lowest BCUT2D eigenvalue weighted by molar-refractivity contribution is 0.0690. The van der Waals surface area contributed by atoms with Crippen LogP contribution in [0.25, 0.3) is 0 Å². The maximum Gasteiger partial charge on any atom is 0.339 e. The minimum atomic E-state index is -4.23. The van der Waals surface area contributed by atoms with Gasteiger partial charge in [0.2, 0.25) is 0 Å². The molecule has 0 bridgehead atoms. The van der Waals surface area contributed by atoms with Crippen molar-refractivity contribution in [3.05, 3.63) is 93.7 Å². The molecular weight excluding hydrogens is 476 g/mol. The zero-order valence-electron chi connectivity index (χ0n) is 17.3. The van der Waals surface area contributed by atoms with Gasteiger partial charge < -0.3 is 9.08 Å². The molecule has 0 unspecified atom stereocenters. The highest BCUT2D eigenvalue weighted by atomic mass is 35.5. The van der Waals surface area contributed by atoms with Gasteiger partial charge in [-0.25, -0.2) is 4.39 Å². The van der Waals surface area contributed by atoms with Crippen LogP contribution in [0.2, 0.25) is 10.0 Å². The minimum absolute atomic E-state index is 0.0105. The van der Waals surface area contributed by atoms with Crippen molar-refractivity contribution < 1.29 is 21.8 Å². The van der Waals surface area contributed by atoms with E-state index >= 15 is 0 Å². The van der Waals surface area contributed by atoms with Crippen molar-refractivity contribution in [2.75, 3.05) is 0 Å². The summed E-state index contributed by atoms with van der Waals surface area (Å²) < 4.78 is 43.9. The zero-order valence-corrected chi connectivity index (χ0v) is 19.6. The monoisotopic (exact) mass is 495 g/mol. The van der Waals surface area contributed by atoms with Gasteiger partial charge in [0.15, 0.2) is 0 Å². The summed E-state index contributed by atoms with van der Waals surface area (Å²) in [6, 6.07) is 15.2. The van der Waals surface area contributed by atoms with Crippen molar-refractivity contribution in [3.8, 4) is 5.75 Å². The lowest BCUT2D eigenvalue weighted by Gasteiger charge is -2.28. The normalized spacial score (nSPS) is 11.4. The third-order valence-corrected chi connectivity index (χ3v) is 6.47. The molecule has 3 aromatic carbocycles. The third-order valence-electron chi connectivity index (χ3n) is 4.65. The van der Waals surface area contributed by atoms with E-state index in [1.54, 1.807) is 24.3 Å². The number of halogens is 3. The molecule has 9 heteroatoms. The first-order valence-corrected chi connectivity index (χ1v) is 11.8. The predicted molar refractivity (Wildman–Crippen MR) is 122 cm³/mol. The summed E-state index contributed by atoms with van der Waals surface area (Å²) in [5.41, 5.74) is 0.712. The molecule has 0 spiro atoms. The Morgan fingerprint density at radius 3 is 2.31 bits per heavy atom. The highest BCUT2D eigenvalue weighted by molar-refractivity contribution is 7.87. The third kappa shape index (κ3) is 5.59. The number of benzene rings is 3. The maximum atomic E-state index is 13.2. The summed E-state index contributed by atoms with van der Waals surface area (Å²) in [4.78, 5) is 14.5. The van der Waals surface area contributed by atoms with Gasteiger partial charge in [-0.05, 0) is 68.4 Å². The summed E-state index contributed by atoms with van der Waals surface area (Å²) in [7, 11) is -4.23. The van der Waals surface area contributed by atoms with E-state index < -0.39 is 15.9 Å². The van der Waals surface area contributed by atoms with Gasteiger partial charge in [0.05, 0.1) is 17.1 Å². The van der Waals surface area contributed by atoms with E-state index in [9.17, 15) is 17.6 Å². The fraction of sp³-hybridized carbons (Fsp3) is 0.174. The highest BCUT2D eigenvalue weighted by Gasteiger charge is 2.24. The van der Waals surface area contributed by atoms with Crippen LogP contribution in [0.3, 0.4) is 0 Å². The van der Waals surface area contributed by atoms with E-state index in [1.807, 2.05) is 13.8 Å². The van der Waals surface area contributed by atoms with Crippen molar-refractivity contribution >= 4 is 39.2 Å². The van der Waals surface area contributed by atoms with Crippen LogP contribution in [0.1, 0.15) is 29.8 Å². The number of carbonyl (C=O) groups excluding carboxylic acids is 1. The second-order valence-corrected chi connectivity index (χ2v) is 9.64. The largest absolute Gasteiger partial charge is 0.379 e. The van der Waals surface area contributed by atoms with Crippen LogP contribution < -0.4 is 4.18 Å². The van der Waals surface area contributed by atoms with Crippen LogP contribution >= 0.6 is 23.2 Å². The predicted octanol–water partition coefficient (Wildman–Crippen LogP) is 5.95. The van der Waals surface area contributed by atoms with E-state index in [1.165, 1.54) is 23.1 Å². The van der Waals surface area contributed by atoms with E-state index in [4.69, 9.17) is 27.4 Å². The van der Waals surface area contributed by atoms with Gasteiger partial charge in [0.25, 0.3) is 5.91 Å². The van der Waals surface area contributed by atoms with Crippen molar-refractivity contribution in [3.63, 3.8) is 0 Å². The molecule has 0 aliphatic rings. The van der Waals surface area contributed by atoms with Crippen molar-refractivity contribution in [2.45, 2.75) is 31.3 Å². The molecule has 168 valence electrons. The quantitative estimate of drug-likeness (QED) is 0.379. The summed E-state index contributed by atoms with van der Waals surface area (Å²) in [5.74, 6) is -0.879. The standard InChI is InChI=1S/C23H20Cl2FNO4S/c1-15(2)27(23(28)20-5-3-4-6-21(20)25)14-16-13-17(24)7-12-22(16)31-32(29,30)19-10-8-18(26)9-11-19/h3-13,15H,14H2,1-2H3. The molecular formula is C23H20Cl2FNO4S. The van der Waals surface area contributed by atoms with Gasteiger partial charge in [-0.15, -0.1) is 0 Å². The van der Waals surface area contributed by atoms with Gasteiger partial charge in [-0.1, -0.05) is 35.3 Å². The minimum Gasteiger partial charge on any atom is -0.379 e. The topological polar surface area (TPSA) is 63.7 Å². The van der Waals surface area contributed by atoms with E-state index in [-0.39, 0.29) is 29.1 Å². The molecule has 0 fully saturated rings. The van der Waals surface area contributed by atoms with Crippen LogP contribution in [-0.2, 0) is 16.7 Å². The molecule has 0 heterocycles.